The van der Waals surface area contributed by atoms with Crippen molar-refractivity contribution >= 4 is 21.6 Å². The maximum Gasteiger partial charge on any atom is 0.275 e. The van der Waals surface area contributed by atoms with Crippen molar-refractivity contribution < 1.29 is 22.5 Å². The Morgan fingerprint density at radius 2 is 1.70 bits per heavy atom. The molecule has 2 aliphatic rings. The summed E-state index contributed by atoms with van der Waals surface area (Å²) in [5, 5.41) is 6.92. The largest absolute Gasteiger partial charge is 0.381 e. The normalized spacial score (nSPS) is 18.7. The topological polar surface area (TPSA) is 111 Å². The van der Waals surface area contributed by atoms with Gasteiger partial charge in [0.05, 0.1) is 4.90 Å². The fraction of sp³-hybridized carbons (Fsp3) is 0.583. The molecule has 9 heteroatoms. The fourth-order valence-corrected chi connectivity index (χ4v) is 4.88. The number of rotatable bonds is 7. The second kappa shape index (κ2) is 9.10. The highest BCUT2D eigenvalue weighted by Gasteiger charge is 2.33. The number of anilines is 1. The number of carbonyl (C=O) groups is 1. The van der Waals surface area contributed by atoms with E-state index in [1.807, 2.05) is 39.8 Å². The van der Waals surface area contributed by atoms with Crippen LogP contribution < -0.4 is 10.0 Å². The number of ether oxygens (including phenoxy) is 1. The minimum Gasteiger partial charge on any atom is -0.381 e. The summed E-state index contributed by atoms with van der Waals surface area (Å²) in [5.74, 6) is 0.363. The number of hydrogen-bond donors (Lipinski definition) is 2. The molecule has 0 unspecified atom stereocenters. The fourth-order valence-electron chi connectivity index (χ4n) is 3.81. The van der Waals surface area contributed by atoms with Gasteiger partial charge in [0, 0.05) is 25.2 Å². The van der Waals surface area contributed by atoms with Gasteiger partial charge in [-0.15, -0.1) is 0 Å². The molecule has 1 saturated carbocycles. The van der Waals surface area contributed by atoms with Crippen LogP contribution in [0.5, 0.6) is 0 Å². The van der Waals surface area contributed by atoms with Crippen molar-refractivity contribution in [2.75, 3.05) is 17.9 Å². The number of sulfonamides is 1. The highest BCUT2D eigenvalue weighted by atomic mass is 32.2. The zero-order valence-corrected chi connectivity index (χ0v) is 20.5. The number of nitrogens with zero attached hydrogens (tertiary/aromatic N) is 1. The highest BCUT2D eigenvalue weighted by Crippen LogP contribution is 2.40. The quantitative estimate of drug-likeness (QED) is 0.614. The van der Waals surface area contributed by atoms with Crippen molar-refractivity contribution in [2.24, 2.45) is 5.41 Å². The van der Waals surface area contributed by atoms with Gasteiger partial charge in [0.2, 0.25) is 0 Å². The van der Waals surface area contributed by atoms with Gasteiger partial charge in [-0.05, 0) is 61.6 Å². The van der Waals surface area contributed by atoms with Gasteiger partial charge in [-0.1, -0.05) is 38.1 Å². The molecule has 1 amide bonds. The molecule has 180 valence electrons. The van der Waals surface area contributed by atoms with Gasteiger partial charge in [0.1, 0.15) is 5.69 Å². The van der Waals surface area contributed by atoms with E-state index in [1.165, 1.54) is 0 Å². The molecule has 2 aromatic rings. The Bertz CT molecular complexity index is 1090. The average molecular weight is 476 g/mol. The van der Waals surface area contributed by atoms with Gasteiger partial charge in [-0.25, -0.2) is 8.42 Å². The lowest BCUT2D eigenvalue weighted by Crippen LogP contribution is -2.41. The zero-order chi connectivity index (χ0) is 23.8. The lowest BCUT2D eigenvalue weighted by atomic mass is 9.88. The summed E-state index contributed by atoms with van der Waals surface area (Å²) in [4.78, 5) is 13.2. The summed E-state index contributed by atoms with van der Waals surface area (Å²) in [6.07, 6.45) is 3.62. The Balaban J connectivity index is 1.64. The predicted octanol–water partition coefficient (Wildman–Crippen LogP) is 4.41. The van der Waals surface area contributed by atoms with Gasteiger partial charge >= 0.3 is 0 Å². The zero-order valence-electron chi connectivity index (χ0n) is 19.7. The van der Waals surface area contributed by atoms with E-state index in [4.69, 9.17) is 9.26 Å². The maximum atomic E-state index is 13.3. The standard InChI is InChI=1S/C24H33N3O5S/c1-15(24(2,3)4)25-23(28)21-20(22(32-26-21)18-11-13-31-14-12-18)27-33(29,30)19-9-7-17(8-10-19)16-5-6-16/h7-10,15-16,18,27H,5-6,11-14H2,1-4H3,(H,25,28)/t15-/m0/s1. The van der Waals surface area contributed by atoms with Gasteiger partial charge in [0.15, 0.2) is 11.5 Å². The Morgan fingerprint density at radius 3 is 2.27 bits per heavy atom. The molecule has 0 bridgehead atoms. The van der Waals surface area contributed by atoms with E-state index in [2.05, 4.69) is 15.2 Å². The van der Waals surface area contributed by atoms with E-state index in [0.717, 1.165) is 18.4 Å². The third kappa shape index (κ3) is 5.41. The van der Waals surface area contributed by atoms with Crippen molar-refractivity contribution in [3.8, 4) is 0 Å². The van der Waals surface area contributed by atoms with Crippen molar-refractivity contribution in [3.05, 3.63) is 41.3 Å². The van der Waals surface area contributed by atoms with Crippen LogP contribution in [0.2, 0.25) is 0 Å². The van der Waals surface area contributed by atoms with E-state index in [9.17, 15) is 13.2 Å². The summed E-state index contributed by atoms with van der Waals surface area (Å²) < 4.78 is 40.1. The van der Waals surface area contributed by atoms with Crippen molar-refractivity contribution in [2.45, 2.75) is 76.2 Å². The second-order valence-electron chi connectivity index (χ2n) is 10.2. The van der Waals surface area contributed by atoms with Gasteiger partial charge in [-0.2, -0.15) is 0 Å². The molecule has 1 saturated heterocycles. The molecule has 2 N–H and O–H groups in total. The van der Waals surface area contributed by atoms with Crippen molar-refractivity contribution in [1.29, 1.82) is 0 Å². The van der Waals surface area contributed by atoms with Gasteiger partial charge < -0.3 is 14.6 Å². The molecule has 0 radical (unpaired) electrons. The first kappa shape index (κ1) is 23.8. The summed E-state index contributed by atoms with van der Waals surface area (Å²) in [6.45, 7) is 9.05. The molecule has 8 nitrogen and oxygen atoms in total. The van der Waals surface area contributed by atoms with E-state index in [1.54, 1.807) is 12.1 Å². The Morgan fingerprint density at radius 1 is 1.06 bits per heavy atom. The van der Waals surface area contributed by atoms with Crippen molar-refractivity contribution in [1.82, 2.24) is 10.5 Å². The minimum atomic E-state index is -3.94. The number of benzene rings is 1. The monoisotopic (exact) mass is 475 g/mol. The highest BCUT2D eigenvalue weighted by molar-refractivity contribution is 7.92. The maximum absolute atomic E-state index is 13.3. The van der Waals surface area contributed by atoms with Crippen LogP contribution in [-0.4, -0.2) is 38.7 Å². The third-order valence-corrected chi connectivity index (χ3v) is 8.01. The van der Waals surface area contributed by atoms with Crippen LogP contribution in [0, 0.1) is 5.41 Å². The summed E-state index contributed by atoms with van der Waals surface area (Å²) in [6, 6.07) is 6.78. The number of aromatic nitrogens is 1. The van der Waals surface area contributed by atoms with Gasteiger partial charge in [0.25, 0.3) is 15.9 Å². The molecule has 0 spiro atoms. The summed E-state index contributed by atoms with van der Waals surface area (Å²) in [7, 11) is -3.94. The smallest absolute Gasteiger partial charge is 0.275 e. The van der Waals surface area contributed by atoms with Crippen LogP contribution in [0.1, 0.15) is 87.0 Å². The van der Waals surface area contributed by atoms with Crippen LogP contribution >= 0.6 is 0 Å². The lowest BCUT2D eigenvalue weighted by Gasteiger charge is -2.27. The SMILES string of the molecule is C[C@H](NC(=O)c1noc(C2CCOCC2)c1NS(=O)(=O)c1ccc(C2CC2)cc1)C(C)(C)C. The molecule has 33 heavy (non-hydrogen) atoms. The van der Waals surface area contributed by atoms with E-state index >= 15 is 0 Å². The number of amides is 1. The number of nitrogens with one attached hydrogen (secondary N) is 2. The average Bonchev–Trinajstić information content (AvgIpc) is 3.54. The van der Waals surface area contributed by atoms with E-state index < -0.39 is 15.9 Å². The Labute approximate surface area is 195 Å². The molecule has 2 heterocycles. The van der Waals surface area contributed by atoms with Crippen LogP contribution in [0.3, 0.4) is 0 Å². The van der Waals surface area contributed by atoms with Gasteiger partial charge in [-0.3, -0.25) is 9.52 Å². The molecular weight excluding hydrogens is 442 g/mol. The molecule has 1 atom stereocenters. The second-order valence-corrected chi connectivity index (χ2v) is 11.8. The molecule has 2 fully saturated rings. The minimum absolute atomic E-state index is 0.0502. The van der Waals surface area contributed by atoms with Crippen LogP contribution in [0.15, 0.2) is 33.7 Å². The van der Waals surface area contributed by atoms with Crippen LogP contribution in [0.25, 0.3) is 0 Å². The number of carbonyl (C=O) groups excluding carboxylic acids is 1. The molecule has 4 rings (SSSR count). The van der Waals surface area contributed by atoms with E-state index in [0.29, 0.717) is 37.7 Å². The first-order valence-corrected chi connectivity index (χ1v) is 13.1. The molecule has 1 aliphatic carbocycles. The third-order valence-electron chi connectivity index (χ3n) is 6.65. The van der Waals surface area contributed by atoms with E-state index in [-0.39, 0.29) is 33.7 Å². The summed E-state index contributed by atoms with van der Waals surface area (Å²) >= 11 is 0. The predicted molar refractivity (Wildman–Crippen MR) is 125 cm³/mol. The Kier molecular flexibility index (Phi) is 6.55. The molecule has 1 aliphatic heterocycles. The molecular formula is C24H33N3O5S. The summed E-state index contributed by atoms with van der Waals surface area (Å²) in [5.41, 5.74) is 1.04. The first-order valence-electron chi connectivity index (χ1n) is 11.6. The Hall–Kier alpha value is -2.39. The molecule has 1 aromatic carbocycles. The first-order chi connectivity index (χ1) is 15.6. The van der Waals surface area contributed by atoms with Crippen molar-refractivity contribution in [3.63, 3.8) is 0 Å². The van der Waals surface area contributed by atoms with Crippen LogP contribution in [0.4, 0.5) is 5.69 Å². The lowest BCUT2D eigenvalue weighted by molar-refractivity contribution is 0.0791. The molecule has 1 aromatic heterocycles. The number of hydrogen-bond acceptors (Lipinski definition) is 6. The van der Waals surface area contributed by atoms with Crippen LogP contribution in [-0.2, 0) is 14.8 Å².